The quantitative estimate of drug-likeness (QED) is 0.712. The highest BCUT2D eigenvalue weighted by Gasteiger charge is 2.22. The molecular weight excluding hydrogens is 409 g/mol. The van der Waals surface area contributed by atoms with Crippen LogP contribution in [-0.4, -0.2) is 32.2 Å². The van der Waals surface area contributed by atoms with Crippen LogP contribution in [0.15, 0.2) is 40.9 Å². The average molecular weight is 426 g/mol. The van der Waals surface area contributed by atoms with Gasteiger partial charge in [-0.05, 0) is 53.2 Å². The van der Waals surface area contributed by atoms with Crippen LogP contribution in [-0.2, 0) is 9.53 Å². The van der Waals surface area contributed by atoms with Crippen molar-refractivity contribution in [2.24, 2.45) is 0 Å². The number of carbonyl (C=O) groups excluding carboxylic acids is 2. The number of amides is 1. The van der Waals surface area contributed by atoms with E-state index in [-0.39, 0.29) is 10.0 Å². The third-order valence-corrected chi connectivity index (χ3v) is 4.12. The molecule has 0 saturated carbocycles. The lowest BCUT2D eigenvalue weighted by atomic mass is 10.2. The third kappa shape index (κ3) is 4.72. The summed E-state index contributed by atoms with van der Waals surface area (Å²) < 4.78 is 28.8. The fraction of sp³-hybridized carbons (Fsp3) is 0.222. The second-order valence-corrected chi connectivity index (χ2v) is 6.08. The smallest absolute Gasteiger partial charge is 0.340 e. The molecule has 0 bridgehead atoms. The highest BCUT2D eigenvalue weighted by atomic mass is 79.9. The van der Waals surface area contributed by atoms with E-state index in [9.17, 15) is 14.0 Å². The van der Waals surface area contributed by atoms with Crippen LogP contribution in [0.4, 0.5) is 10.1 Å². The van der Waals surface area contributed by atoms with E-state index in [1.54, 1.807) is 18.2 Å². The number of rotatable bonds is 6. The Labute approximate surface area is 158 Å². The normalized spacial score (nSPS) is 11.4. The lowest BCUT2D eigenvalue weighted by Crippen LogP contribution is -2.30. The van der Waals surface area contributed by atoms with Crippen LogP contribution in [0.1, 0.15) is 17.3 Å². The van der Waals surface area contributed by atoms with Crippen LogP contribution in [0.5, 0.6) is 11.5 Å². The fourth-order valence-corrected chi connectivity index (χ4v) is 2.59. The molecule has 0 radical (unpaired) electrons. The van der Waals surface area contributed by atoms with Crippen molar-refractivity contribution >= 4 is 33.5 Å². The summed E-state index contributed by atoms with van der Waals surface area (Å²) in [5, 5.41) is 2.62. The molecule has 1 atom stereocenters. The summed E-state index contributed by atoms with van der Waals surface area (Å²) in [6, 6.07) is 8.46. The second kappa shape index (κ2) is 8.66. The molecule has 0 aromatic heterocycles. The Morgan fingerprint density at radius 2 is 1.85 bits per heavy atom. The molecular formula is C18H17BrFNO5. The van der Waals surface area contributed by atoms with E-state index in [0.29, 0.717) is 17.2 Å². The molecule has 0 heterocycles. The minimum absolute atomic E-state index is 0.116. The lowest BCUT2D eigenvalue weighted by Gasteiger charge is -2.16. The number of hydrogen-bond donors (Lipinski definition) is 1. The molecule has 0 aliphatic heterocycles. The highest BCUT2D eigenvalue weighted by Crippen LogP contribution is 2.29. The number of hydrogen-bond acceptors (Lipinski definition) is 5. The molecule has 1 amide bonds. The number of benzene rings is 2. The predicted molar refractivity (Wildman–Crippen MR) is 97.2 cm³/mol. The van der Waals surface area contributed by atoms with Gasteiger partial charge in [0, 0.05) is 10.5 Å². The molecule has 0 aliphatic rings. The van der Waals surface area contributed by atoms with Gasteiger partial charge in [-0.3, -0.25) is 4.79 Å². The van der Waals surface area contributed by atoms with Crippen molar-refractivity contribution in [2.45, 2.75) is 13.0 Å². The SMILES string of the molecule is COc1ccc(OC)c(NC(=O)C(C)OC(=O)c2ccc(F)cc2Br)c1. The summed E-state index contributed by atoms with van der Waals surface area (Å²) in [4.78, 5) is 24.5. The Hall–Kier alpha value is -2.61. The summed E-state index contributed by atoms with van der Waals surface area (Å²) in [5.41, 5.74) is 0.493. The van der Waals surface area contributed by atoms with Gasteiger partial charge in [0.05, 0.1) is 25.5 Å². The molecule has 0 spiro atoms. The highest BCUT2D eigenvalue weighted by molar-refractivity contribution is 9.10. The van der Waals surface area contributed by atoms with Crippen LogP contribution >= 0.6 is 15.9 Å². The summed E-state index contributed by atoms with van der Waals surface area (Å²) in [6.45, 7) is 1.43. The Balaban J connectivity index is 2.09. The number of nitrogens with one attached hydrogen (secondary N) is 1. The van der Waals surface area contributed by atoms with E-state index in [0.717, 1.165) is 12.1 Å². The van der Waals surface area contributed by atoms with Gasteiger partial charge >= 0.3 is 5.97 Å². The number of anilines is 1. The molecule has 0 aliphatic carbocycles. The second-order valence-electron chi connectivity index (χ2n) is 5.23. The van der Waals surface area contributed by atoms with E-state index in [2.05, 4.69) is 21.2 Å². The van der Waals surface area contributed by atoms with Gasteiger partial charge in [0.2, 0.25) is 0 Å². The molecule has 2 aromatic carbocycles. The van der Waals surface area contributed by atoms with Crippen LogP contribution < -0.4 is 14.8 Å². The monoisotopic (exact) mass is 425 g/mol. The molecule has 26 heavy (non-hydrogen) atoms. The Morgan fingerprint density at radius 3 is 2.46 bits per heavy atom. The first-order chi connectivity index (χ1) is 12.3. The van der Waals surface area contributed by atoms with Crippen LogP contribution in [0, 0.1) is 5.82 Å². The zero-order valence-corrected chi connectivity index (χ0v) is 15.9. The van der Waals surface area contributed by atoms with E-state index in [1.165, 1.54) is 27.2 Å². The molecule has 2 aromatic rings. The van der Waals surface area contributed by atoms with Gasteiger partial charge in [0.15, 0.2) is 6.10 Å². The fourth-order valence-electron chi connectivity index (χ4n) is 2.08. The van der Waals surface area contributed by atoms with Crippen molar-refractivity contribution in [1.29, 1.82) is 0 Å². The maximum atomic E-state index is 13.1. The number of methoxy groups -OCH3 is 2. The van der Waals surface area contributed by atoms with E-state index >= 15 is 0 Å². The maximum absolute atomic E-state index is 13.1. The van der Waals surface area contributed by atoms with Gasteiger partial charge in [0.1, 0.15) is 17.3 Å². The molecule has 2 rings (SSSR count). The van der Waals surface area contributed by atoms with Gasteiger partial charge in [-0.15, -0.1) is 0 Å². The summed E-state index contributed by atoms with van der Waals surface area (Å²) >= 11 is 3.09. The van der Waals surface area contributed by atoms with Crippen molar-refractivity contribution in [2.75, 3.05) is 19.5 Å². The van der Waals surface area contributed by atoms with E-state index in [4.69, 9.17) is 14.2 Å². The molecule has 6 nitrogen and oxygen atoms in total. The van der Waals surface area contributed by atoms with Crippen LogP contribution in [0.2, 0.25) is 0 Å². The summed E-state index contributed by atoms with van der Waals surface area (Å²) in [5.74, 6) is -0.843. The lowest BCUT2D eigenvalue weighted by molar-refractivity contribution is -0.123. The third-order valence-electron chi connectivity index (χ3n) is 3.47. The largest absolute Gasteiger partial charge is 0.497 e. The topological polar surface area (TPSA) is 73.9 Å². The first-order valence-electron chi connectivity index (χ1n) is 7.54. The van der Waals surface area contributed by atoms with Crippen LogP contribution in [0.25, 0.3) is 0 Å². The van der Waals surface area contributed by atoms with Gasteiger partial charge in [0.25, 0.3) is 5.91 Å². The zero-order chi connectivity index (χ0) is 19.3. The zero-order valence-electron chi connectivity index (χ0n) is 14.3. The number of ether oxygens (including phenoxy) is 3. The van der Waals surface area contributed by atoms with Crippen molar-refractivity contribution in [1.82, 2.24) is 0 Å². The van der Waals surface area contributed by atoms with Gasteiger partial charge in [-0.25, -0.2) is 9.18 Å². The Kier molecular flexibility index (Phi) is 6.57. The molecule has 138 valence electrons. The number of carbonyl (C=O) groups is 2. The van der Waals surface area contributed by atoms with Crippen molar-refractivity contribution in [3.63, 3.8) is 0 Å². The Bertz CT molecular complexity index is 827. The minimum Gasteiger partial charge on any atom is -0.497 e. The molecule has 8 heteroatoms. The van der Waals surface area contributed by atoms with Gasteiger partial charge in [-0.1, -0.05) is 0 Å². The first kappa shape index (κ1) is 19.7. The molecule has 0 saturated heterocycles. The van der Waals surface area contributed by atoms with Crippen molar-refractivity contribution < 1.29 is 28.2 Å². The number of halogens is 2. The Morgan fingerprint density at radius 1 is 1.12 bits per heavy atom. The van der Waals surface area contributed by atoms with Crippen molar-refractivity contribution in [3.05, 3.63) is 52.3 Å². The van der Waals surface area contributed by atoms with E-state index < -0.39 is 23.8 Å². The number of esters is 1. The minimum atomic E-state index is -1.09. The maximum Gasteiger partial charge on any atom is 0.340 e. The predicted octanol–water partition coefficient (Wildman–Crippen LogP) is 3.79. The molecule has 1 unspecified atom stereocenters. The first-order valence-corrected chi connectivity index (χ1v) is 8.34. The van der Waals surface area contributed by atoms with E-state index in [1.807, 2.05) is 0 Å². The van der Waals surface area contributed by atoms with Gasteiger partial charge < -0.3 is 19.5 Å². The standard InChI is InChI=1S/C18H17BrFNO5/c1-10(26-18(23)13-6-4-11(20)8-14(13)19)17(22)21-15-9-12(24-2)5-7-16(15)25-3/h4-10H,1-3H3,(H,21,22). The average Bonchev–Trinajstić information content (AvgIpc) is 2.61. The molecule has 1 N–H and O–H groups in total. The summed E-state index contributed by atoms with van der Waals surface area (Å²) in [6.07, 6.45) is -1.09. The van der Waals surface area contributed by atoms with Crippen LogP contribution in [0.3, 0.4) is 0 Å². The summed E-state index contributed by atoms with van der Waals surface area (Å²) in [7, 11) is 2.96. The van der Waals surface area contributed by atoms with Crippen molar-refractivity contribution in [3.8, 4) is 11.5 Å². The van der Waals surface area contributed by atoms with Gasteiger partial charge in [-0.2, -0.15) is 0 Å². The molecule has 0 fully saturated rings.